The summed E-state index contributed by atoms with van der Waals surface area (Å²) in [6, 6.07) is 4.45. The minimum Gasteiger partial charge on any atom is -0.387 e. The van der Waals surface area contributed by atoms with Crippen LogP contribution in [0.4, 0.5) is 4.39 Å². The van der Waals surface area contributed by atoms with Gasteiger partial charge in [-0.1, -0.05) is 15.9 Å². The Bertz CT molecular complexity index is 280. The molecule has 0 bridgehead atoms. The molecule has 0 aliphatic carbocycles. The largest absolute Gasteiger partial charge is 0.387 e. The van der Waals surface area contributed by atoms with Crippen LogP contribution in [0.3, 0.4) is 0 Å². The van der Waals surface area contributed by atoms with Crippen molar-refractivity contribution < 1.29 is 9.50 Å². The van der Waals surface area contributed by atoms with Crippen molar-refractivity contribution in [2.75, 3.05) is 5.75 Å². The number of aliphatic hydroxyl groups excluding tert-OH is 1. The normalized spacial score (nSPS) is 13.0. The summed E-state index contributed by atoms with van der Waals surface area (Å²) in [5, 5.41) is 9.30. The van der Waals surface area contributed by atoms with Crippen LogP contribution >= 0.6 is 28.6 Å². The summed E-state index contributed by atoms with van der Waals surface area (Å²) in [7, 11) is 0. The summed E-state index contributed by atoms with van der Waals surface area (Å²) in [5.41, 5.74) is 0.277. The van der Waals surface area contributed by atoms with Gasteiger partial charge < -0.3 is 5.11 Å². The van der Waals surface area contributed by atoms with E-state index < -0.39 is 11.9 Å². The Hall–Kier alpha value is -0.0600. The van der Waals surface area contributed by atoms with Crippen LogP contribution in [0.1, 0.15) is 11.7 Å². The summed E-state index contributed by atoms with van der Waals surface area (Å²) in [4.78, 5) is 0. The molecule has 0 spiro atoms. The molecule has 0 aromatic heterocycles. The van der Waals surface area contributed by atoms with Crippen LogP contribution in [0.25, 0.3) is 0 Å². The van der Waals surface area contributed by atoms with Gasteiger partial charge in [0.1, 0.15) is 5.82 Å². The third-order valence-corrected chi connectivity index (χ3v) is 2.33. The van der Waals surface area contributed by atoms with E-state index >= 15 is 0 Å². The first-order valence-corrected chi connectivity index (χ1v) is 4.81. The van der Waals surface area contributed by atoms with Crippen molar-refractivity contribution in [3.63, 3.8) is 0 Å². The molecule has 1 aromatic rings. The first-order chi connectivity index (χ1) is 5.65. The van der Waals surface area contributed by atoms with Gasteiger partial charge in [-0.15, -0.1) is 0 Å². The lowest BCUT2D eigenvalue weighted by Crippen LogP contribution is -2.01. The number of hydrogen-bond acceptors (Lipinski definition) is 2. The van der Waals surface area contributed by atoms with Crippen LogP contribution in [-0.4, -0.2) is 10.9 Å². The molecule has 1 rings (SSSR count). The highest BCUT2D eigenvalue weighted by atomic mass is 79.9. The zero-order chi connectivity index (χ0) is 9.14. The van der Waals surface area contributed by atoms with Gasteiger partial charge in [0, 0.05) is 15.8 Å². The van der Waals surface area contributed by atoms with Crippen LogP contribution in [0.2, 0.25) is 0 Å². The monoisotopic (exact) mass is 250 g/mol. The average Bonchev–Trinajstić information content (AvgIpc) is 2.08. The summed E-state index contributed by atoms with van der Waals surface area (Å²) < 4.78 is 13.7. The Morgan fingerprint density at radius 2 is 2.25 bits per heavy atom. The first kappa shape index (κ1) is 10.0. The Balaban J connectivity index is 3.04. The maximum Gasteiger partial charge on any atom is 0.129 e. The van der Waals surface area contributed by atoms with E-state index in [0.717, 1.165) is 4.47 Å². The van der Waals surface area contributed by atoms with Gasteiger partial charge in [0.25, 0.3) is 0 Å². The average molecular weight is 251 g/mol. The Morgan fingerprint density at radius 3 is 2.83 bits per heavy atom. The second-order valence-electron chi connectivity index (χ2n) is 2.36. The van der Waals surface area contributed by atoms with Gasteiger partial charge in [-0.05, 0) is 18.2 Å². The van der Waals surface area contributed by atoms with Crippen LogP contribution in [-0.2, 0) is 0 Å². The molecule has 0 amide bonds. The molecular weight excluding hydrogens is 243 g/mol. The molecule has 0 fully saturated rings. The number of aliphatic hydroxyl groups is 1. The molecule has 66 valence electrons. The smallest absolute Gasteiger partial charge is 0.129 e. The minimum absolute atomic E-state index is 0.216. The molecule has 0 aliphatic rings. The number of rotatable bonds is 2. The topological polar surface area (TPSA) is 20.2 Å². The second-order valence-corrected chi connectivity index (χ2v) is 3.65. The Morgan fingerprint density at radius 1 is 1.58 bits per heavy atom. The maximum absolute atomic E-state index is 13.0. The molecule has 1 unspecified atom stereocenters. The maximum atomic E-state index is 13.0. The number of benzene rings is 1. The Labute approximate surface area is 84.1 Å². The molecule has 1 atom stereocenters. The first-order valence-electron chi connectivity index (χ1n) is 3.39. The zero-order valence-electron chi connectivity index (χ0n) is 6.17. The standard InChI is InChI=1S/C8H8BrFOS/c9-5-1-2-7(10)6(3-5)8(11)4-12/h1-3,8,11-12H,4H2. The molecule has 1 nitrogen and oxygen atoms in total. The van der Waals surface area contributed by atoms with E-state index in [9.17, 15) is 9.50 Å². The van der Waals surface area contributed by atoms with Crippen molar-refractivity contribution >= 4 is 28.6 Å². The van der Waals surface area contributed by atoms with E-state index in [2.05, 4.69) is 28.6 Å². The van der Waals surface area contributed by atoms with Crippen molar-refractivity contribution in [2.24, 2.45) is 0 Å². The van der Waals surface area contributed by atoms with E-state index in [-0.39, 0.29) is 11.3 Å². The third kappa shape index (κ3) is 2.21. The minimum atomic E-state index is -0.842. The SMILES string of the molecule is OC(CS)c1cc(Br)ccc1F. The third-order valence-electron chi connectivity index (χ3n) is 1.49. The summed E-state index contributed by atoms with van der Waals surface area (Å²) >= 11 is 7.07. The van der Waals surface area contributed by atoms with Gasteiger partial charge >= 0.3 is 0 Å². The van der Waals surface area contributed by atoms with E-state index in [1.54, 1.807) is 12.1 Å². The summed E-state index contributed by atoms with van der Waals surface area (Å²) in [6.45, 7) is 0. The molecular formula is C8H8BrFOS. The number of thiol groups is 1. The van der Waals surface area contributed by atoms with Gasteiger partial charge in [-0.2, -0.15) is 12.6 Å². The van der Waals surface area contributed by atoms with Crippen LogP contribution in [0.15, 0.2) is 22.7 Å². The summed E-state index contributed by atoms with van der Waals surface area (Å²) in [5.74, 6) is -0.187. The second kappa shape index (κ2) is 4.25. The molecule has 0 saturated carbocycles. The highest BCUT2D eigenvalue weighted by Crippen LogP contribution is 2.22. The highest BCUT2D eigenvalue weighted by Gasteiger charge is 2.10. The van der Waals surface area contributed by atoms with E-state index in [1.165, 1.54) is 6.07 Å². The fraction of sp³-hybridized carbons (Fsp3) is 0.250. The lowest BCUT2D eigenvalue weighted by Gasteiger charge is -2.08. The molecule has 0 aliphatic heterocycles. The molecule has 0 heterocycles. The van der Waals surface area contributed by atoms with Crippen molar-refractivity contribution in [3.8, 4) is 0 Å². The molecule has 1 N–H and O–H groups in total. The molecule has 1 aromatic carbocycles. The van der Waals surface area contributed by atoms with Crippen molar-refractivity contribution in [1.82, 2.24) is 0 Å². The van der Waals surface area contributed by atoms with Crippen LogP contribution in [0, 0.1) is 5.82 Å². The van der Waals surface area contributed by atoms with Crippen molar-refractivity contribution in [3.05, 3.63) is 34.1 Å². The molecule has 4 heteroatoms. The van der Waals surface area contributed by atoms with Crippen molar-refractivity contribution in [1.29, 1.82) is 0 Å². The number of halogens is 2. The van der Waals surface area contributed by atoms with Gasteiger partial charge in [0.15, 0.2) is 0 Å². The van der Waals surface area contributed by atoms with Gasteiger partial charge in [0.05, 0.1) is 6.10 Å². The summed E-state index contributed by atoms with van der Waals surface area (Å²) in [6.07, 6.45) is -0.842. The molecule has 0 saturated heterocycles. The lowest BCUT2D eigenvalue weighted by molar-refractivity contribution is 0.199. The highest BCUT2D eigenvalue weighted by molar-refractivity contribution is 9.10. The van der Waals surface area contributed by atoms with Crippen LogP contribution in [0.5, 0.6) is 0 Å². The molecule has 0 radical (unpaired) electrons. The van der Waals surface area contributed by atoms with Gasteiger partial charge in [-0.3, -0.25) is 0 Å². The van der Waals surface area contributed by atoms with E-state index in [4.69, 9.17) is 0 Å². The Kier molecular flexibility index (Phi) is 3.55. The fourth-order valence-electron chi connectivity index (χ4n) is 0.868. The zero-order valence-corrected chi connectivity index (χ0v) is 8.65. The van der Waals surface area contributed by atoms with E-state index in [0.29, 0.717) is 0 Å². The predicted molar refractivity (Wildman–Crippen MR) is 52.9 cm³/mol. The predicted octanol–water partition coefficient (Wildman–Crippen LogP) is 2.55. The molecule has 12 heavy (non-hydrogen) atoms. The van der Waals surface area contributed by atoms with Gasteiger partial charge in [0.2, 0.25) is 0 Å². The number of hydrogen-bond donors (Lipinski definition) is 2. The quantitative estimate of drug-likeness (QED) is 0.774. The van der Waals surface area contributed by atoms with Crippen molar-refractivity contribution in [2.45, 2.75) is 6.10 Å². The van der Waals surface area contributed by atoms with Gasteiger partial charge in [-0.25, -0.2) is 4.39 Å². The van der Waals surface area contributed by atoms with E-state index in [1.807, 2.05) is 0 Å². The lowest BCUT2D eigenvalue weighted by atomic mass is 10.1. The van der Waals surface area contributed by atoms with Crippen LogP contribution < -0.4 is 0 Å². The fourth-order valence-corrected chi connectivity index (χ4v) is 1.44.